The van der Waals surface area contributed by atoms with Crippen molar-refractivity contribution < 1.29 is 41.8 Å². The molecule has 0 spiro atoms. The number of carbonyl (C=O) groups is 3. The number of alkyl halides is 3. The van der Waals surface area contributed by atoms with Gasteiger partial charge in [0.1, 0.15) is 19.0 Å². The molecule has 1 fully saturated rings. The number of methoxy groups -OCH3 is 1. The van der Waals surface area contributed by atoms with Crippen molar-refractivity contribution in [2.24, 2.45) is 5.92 Å². The van der Waals surface area contributed by atoms with Crippen LogP contribution in [0.1, 0.15) is 47.3 Å². The quantitative estimate of drug-likeness (QED) is 0.294. The van der Waals surface area contributed by atoms with Gasteiger partial charge in [0.2, 0.25) is 0 Å². The molecule has 1 atom stereocenters. The number of hydrogen-bond donors (Lipinski definition) is 0. The monoisotopic (exact) mass is 558 g/mol. The average Bonchev–Trinajstić information content (AvgIpc) is 3.53. The minimum atomic E-state index is -5.14. The van der Waals surface area contributed by atoms with Gasteiger partial charge in [-0.25, -0.2) is 4.79 Å². The molecule has 0 aromatic heterocycles. The predicted octanol–water partition coefficient (Wildman–Crippen LogP) is 4.26. The first-order valence-electron chi connectivity index (χ1n) is 12.4. The Hall–Kier alpha value is -2.73. The molecule has 0 bridgehead atoms. The molecule has 2 aliphatic heterocycles. The first-order chi connectivity index (χ1) is 18.0. The smallest absolute Gasteiger partial charge is 0.471 e. The van der Waals surface area contributed by atoms with Gasteiger partial charge in [0.15, 0.2) is 0 Å². The van der Waals surface area contributed by atoms with Crippen molar-refractivity contribution in [1.29, 1.82) is 0 Å². The molecule has 2 heterocycles. The number of allylic oxidation sites excluding steroid dienone is 2. The topological polar surface area (TPSA) is 85.4 Å². The summed E-state index contributed by atoms with van der Waals surface area (Å²) in [7, 11) is 1.38. The van der Waals surface area contributed by atoms with E-state index >= 15 is 0 Å². The molecule has 0 radical (unpaired) electrons. The maximum atomic E-state index is 13.5. The minimum Gasteiger partial charge on any atom is -0.496 e. The number of nitrogens with zero attached hydrogens (tertiary/aromatic N) is 2. The zero-order valence-corrected chi connectivity index (χ0v) is 22.8. The normalized spacial score (nSPS) is 16.4. The van der Waals surface area contributed by atoms with Crippen LogP contribution < -0.4 is 9.64 Å². The van der Waals surface area contributed by atoms with E-state index < -0.39 is 24.0 Å². The summed E-state index contributed by atoms with van der Waals surface area (Å²) in [5.74, 6) is -1.33. The number of rotatable bonds is 11. The van der Waals surface area contributed by atoms with Crippen molar-refractivity contribution in [2.75, 3.05) is 49.9 Å². The number of carbonyl (C=O) groups excluding carboxylic acids is 3. The second-order valence-electron chi connectivity index (χ2n) is 9.10. The van der Waals surface area contributed by atoms with E-state index in [1.807, 2.05) is 11.8 Å². The second kappa shape index (κ2) is 12.9. The van der Waals surface area contributed by atoms with Crippen LogP contribution in [0.2, 0.25) is 0 Å². The lowest BCUT2D eigenvalue weighted by Crippen LogP contribution is -2.42. The fourth-order valence-corrected chi connectivity index (χ4v) is 5.56. The number of anilines is 1. The summed E-state index contributed by atoms with van der Waals surface area (Å²) in [5.41, 5.74) is 1.000. The predicted molar refractivity (Wildman–Crippen MR) is 137 cm³/mol. The van der Waals surface area contributed by atoms with Gasteiger partial charge in [-0.05, 0) is 32.3 Å². The molecule has 1 unspecified atom stereocenters. The molecule has 3 rings (SSSR count). The third kappa shape index (κ3) is 6.63. The minimum absolute atomic E-state index is 0.0560. The van der Waals surface area contributed by atoms with Gasteiger partial charge >= 0.3 is 24.0 Å². The molecule has 2 aliphatic rings. The van der Waals surface area contributed by atoms with Gasteiger partial charge in [0.05, 0.1) is 24.3 Å². The van der Waals surface area contributed by atoms with E-state index in [9.17, 15) is 27.6 Å². The molecule has 1 aromatic carbocycles. The Morgan fingerprint density at radius 2 is 2.03 bits per heavy atom. The number of thioether (sulfide) groups is 1. The van der Waals surface area contributed by atoms with Crippen LogP contribution >= 0.6 is 11.8 Å². The SMILES string of the molecule is CCN(C(=O)C(F)(F)F)c1c(CC=CCC(C)C(=O)OCCN2CCSC2)c(OC)c(C)c2c1C(=O)OC2. The summed E-state index contributed by atoms with van der Waals surface area (Å²) in [5, 5.41) is 0. The maximum Gasteiger partial charge on any atom is 0.471 e. The number of ether oxygens (including phenoxy) is 3. The van der Waals surface area contributed by atoms with Crippen LogP contribution in [0.5, 0.6) is 5.75 Å². The Morgan fingerprint density at radius 3 is 2.63 bits per heavy atom. The second-order valence-corrected chi connectivity index (χ2v) is 10.2. The van der Waals surface area contributed by atoms with E-state index in [0.29, 0.717) is 35.6 Å². The number of benzene rings is 1. The third-order valence-electron chi connectivity index (χ3n) is 6.58. The van der Waals surface area contributed by atoms with E-state index in [0.717, 1.165) is 18.2 Å². The van der Waals surface area contributed by atoms with Gasteiger partial charge in [0, 0.05) is 42.4 Å². The summed E-state index contributed by atoms with van der Waals surface area (Å²) < 4.78 is 56.4. The zero-order valence-electron chi connectivity index (χ0n) is 22.0. The van der Waals surface area contributed by atoms with E-state index in [2.05, 4.69) is 4.90 Å². The maximum absolute atomic E-state index is 13.5. The molecule has 210 valence electrons. The molecular weight excluding hydrogens is 525 g/mol. The van der Waals surface area contributed by atoms with E-state index in [1.54, 1.807) is 26.0 Å². The van der Waals surface area contributed by atoms with Gasteiger partial charge < -0.3 is 19.1 Å². The van der Waals surface area contributed by atoms with Crippen LogP contribution in [0.25, 0.3) is 0 Å². The van der Waals surface area contributed by atoms with E-state index in [1.165, 1.54) is 14.0 Å². The van der Waals surface area contributed by atoms with E-state index in [4.69, 9.17) is 14.2 Å². The summed E-state index contributed by atoms with van der Waals surface area (Å²) in [6, 6.07) is 0. The standard InChI is InChI=1S/C26H33F3N2O6S/c1-5-31(25(34)26(27,28)29)21-18(22(35-4)17(3)19-14-37-24(33)20(19)21)9-7-6-8-16(2)23(32)36-12-10-30-11-13-38-15-30/h6-7,16H,5,8-15H2,1-4H3. The molecule has 38 heavy (non-hydrogen) atoms. The number of amides is 1. The first kappa shape index (κ1) is 29.8. The largest absolute Gasteiger partial charge is 0.496 e. The van der Waals surface area contributed by atoms with Crippen LogP contribution in [0.3, 0.4) is 0 Å². The fraction of sp³-hybridized carbons (Fsp3) is 0.577. The Balaban J connectivity index is 1.81. The molecule has 1 saturated heterocycles. The van der Waals surface area contributed by atoms with Crippen molar-refractivity contribution >= 4 is 35.3 Å². The molecule has 8 nitrogen and oxygen atoms in total. The van der Waals surface area contributed by atoms with Crippen molar-refractivity contribution in [3.63, 3.8) is 0 Å². The molecular formula is C26H33F3N2O6S. The zero-order chi connectivity index (χ0) is 28.0. The van der Waals surface area contributed by atoms with Gasteiger partial charge in [-0.2, -0.15) is 13.2 Å². The van der Waals surface area contributed by atoms with Gasteiger partial charge in [-0.3, -0.25) is 14.5 Å². The Morgan fingerprint density at radius 1 is 1.29 bits per heavy atom. The number of halogens is 3. The molecule has 0 saturated carbocycles. The number of fused-ring (bicyclic) bond motifs is 1. The molecule has 12 heteroatoms. The molecule has 1 amide bonds. The lowest BCUT2D eigenvalue weighted by atomic mass is 9.93. The summed E-state index contributed by atoms with van der Waals surface area (Å²) in [4.78, 5) is 40.0. The summed E-state index contributed by atoms with van der Waals surface area (Å²) >= 11 is 1.84. The molecule has 1 aromatic rings. The Kier molecular flexibility index (Phi) is 10.1. The lowest BCUT2D eigenvalue weighted by Gasteiger charge is -2.28. The average molecular weight is 559 g/mol. The highest BCUT2D eigenvalue weighted by Gasteiger charge is 2.45. The van der Waals surface area contributed by atoms with Crippen LogP contribution in [-0.2, 0) is 32.1 Å². The van der Waals surface area contributed by atoms with Crippen LogP contribution in [0.15, 0.2) is 12.2 Å². The lowest BCUT2D eigenvalue weighted by molar-refractivity contribution is -0.170. The van der Waals surface area contributed by atoms with Gasteiger partial charge in [0.25, 0.3) is 0 Å². The fourth-order valence-electron chi connectivity index (χ4n) is 4.53. The highest BCUT2D eigenvalue weighted by molar-refractivity contribution is 7.99. The third-order valence-corrected chi connectivity index (χ3v) is 7.60. The van der Waals surface area contributed by atoms with Crippen LogP contribution in [0.4, 0.5) is 18.9 Å². The van der Waals surface area contributed by atoms with Crippen LogP contribution in [-0.4, -0.2) is 73.9 Å². The van der Waals surface area contributed by atoms with Gasteiger partial charge in [-0.15, -0.1) is 11.8 Å². The first-order valence-corrected chi connectivity index (χ1v) is 13.6. The Bertz CT molecular complexity index is 1090. The van der Waals surface area contributed by atoms with Crippen LogP contribution in [0, 0.1) is 12.8 Å². The highest BCUT2D eigenvalue weighted by Crippen LogP contribution is 2.44. The van der Waals surface area contributed by atoms with Crippen molar-refractivity contribution in [3.05, 3.63) is 34.4 Å². The number of hydrogen-bond acceptors (Lipinski definition) is 8. The van der Waals surface area contributed by atoms with E-state index in [-0.39, 0.29) is 48.1 Å². The van der Waals surface area contributed by atoms with Gasteiger partial charge in [-0.1, -0.05) is 19.1 Å². The molecule has 0 aliphatic carbocycles. The van der Waals surface area contributed by atoms with Crippen molar-refractivity contribution in [1.82, 2.24) is 4.90 Å². The Labute approximate surface area is 224 Å². The van der Waals surface area contributed by atoms with Crippen molar-refractivity contribution in [2.45, 2.75) is 46.4 Å². The highest BCUT2D eigenvalue weighted by atomic mass is 32.2. The molecule has 0 N–H and O–H groups in total. The number of cyclic esters (lactones) is 1. The van der Waals surface area contributed by atoms with Crippen molar-refractivity contribution in [3.8, 4) is 5.75 Å². The summed E-state index contributed by atoms with van der Waals surface area (Å²) in [6.07, 6.45) is -1.31. The summed E-state index contributed by atoms with van der Waals surface area (Å²) in [6.45, 7) is 6.38. The number of esters is 2.